The number of nitrogens with zero attached hydrogens (tertiary/aromatic N) is 1. The summed E-state index contributed by atoms with van der Waals surface area (Å²) in [6.45, 7) is 0.558. The zero-order chi connectivity index (χ0) is 18.6. The Labute approximate surface area is 158 Å². The van der Waals surface area contributed by atoms with Crippen molar-refractivity contribution >= 4 is 5.97 Å². The summed E-state index contributed by atoms with van der Waals surface area (Å²) >= 11 is 0. The number of hydrogen-bond acceptors (Lipinski definition) is 3. The van der Waals surface area contributed by atoms with Crippen molar-refractivity contribution in [3.05, 3.63) is 108 Å². The lowest BCUT2D eigenvalue weighted by Crippen LogP contribution is -2.30. The van der Waals surface area contributed by atoms with Gasteiger partial charge in [0.05, 0.1) is 5.70 Å². The molecule has 0 aromatic heterocycles. The highest BCUT2D eigenvalue weighted by Crippen LogP contribution is 2.27. The second-order valence-corrected chi connectivity index (χ2v) is 6.44. The Morgan fingerprint density at radius 3 is 2.48 bits per heavy atom. The van der Waals surface area contributed by atoms with Crippen molar-refractivity contribution in [2.24, 2.45) is 0 Å². The molecule has 0 atom stereocenters. The summed E-state index contributed by atoms with van der Waals surface area (Å²) in [4.78, 5) is 13.5. The molecule has 0 bridgehead atoms. The van der Waals surface area contributed by atoms with Crippen LogP contribution in [-0.2, 0) is 11.3 Å². The van der Waals surface area contributed by atoms with Crippen molar-refractivity contribution in [2.45, 2.75) is 13.0 Å². The summed E-state index contributed by atoms with van der Waals surface area (Å²) in [5, 5.41) is 12.9. The first-order valence-corrected chi connectivity index (χ1v) is 8.92. The molecule has 2 aromatic carbocycles. The predicted molar refractivity (Wildman–Crippen MR) is 106 cm³/mol. The molecule has 2 aliphatic heterocycles. The molecule has 2 N–H and O–H groups in total. The van der Waals surface area contributed by atoms with Gasteiger partial charge in [0.25, 0.3) is 0 Å². The van der Waals surface area contributed by atoms with Crippen LogP contribution in [0.4, 0.5) is 0 Å². The van der Waals surface area contributed by atoms with Crippen molar-refractivity contribution < 1.29 is 9.90 Å². The molecular weight excluding hydrogens is 336 g/mol. The second-order valence-electron chi connectivity index (χ2n) is 6.44. The largest absolute Gasteiger partial charge is 0.476 e. The van der Waals surface area contributed by atoms with E-state index in [0.29, 0.717) is 12.2 Å². The van der Waals surface area contributed by atoms with Gasteiger partial charge in [-0.3, -0.25) is 0 Å². The van der Waals surface area contributed by atoms with E-state index < -0.39 is 5.97 Å². The SMILES string of the molecule is O=C(O)C1=C(NCc2ccc(-c3ccccc3)cc2)C=CC2=CCC=CN21. The first-order chi connectivity index (χ1) is 13.2. The number of hydrogen-bond donors (Lipinski definition) is 2. The van der Waals surface area contributed by atoms with Crippen LogP contribution >= 0.6 is 0 Å². The second kappa shape index (κ2) is 7.38. The van der Waals surface area contributed by atoms with Crippen LogP contribution in [0.5, 0.6) is 0 Å². The van der Waals surface area contributed by atoms with Gasteiger partial charge in [-0.1, -0.05) is 66.7 Å². The third-order valence-electron chi connectivity index (χ3n) is 4.66. The molecule has 0 saturated carbocycles. The van der Waals surface area contributed by atoms with Crippen LogP contribution in [0.3, 0.4) is 0 Å². The smallest absolute Gasteiger partial charge is 0.355 e. The number of rotatable bonds is 5. The Bertz CT molecular complexity index is 967. The van der Waals surface area contributed by atoms with Crippen LogP contribution in [0.1, 0.15) is 12.0 Å². The lowest BCUT2D eigenvalue weighted by molar-refractivity contribution is -0.134. The number of carbonyl (C=O) groups is 1. The van der Waals surface area contributed by atoms with E-state index in [0.717, 1.165) is 23.2 Å². The maximum absolute atomic E-state index is 11.8. The maximum Gasteiger partial charge on any atom is 0.355 e. The molecule has 2 aliphatic rings. The minimum atomic E-state index is -0.946. The summed E-state index contributed by atoms with van der Waals surface area (Å²) in [5.74, 6) is -0.946. The summed E-state index contributed by atoms with van der Waals surface area (Å²) in [7, 11) is 0. The van der Waals surface area contributed by atoms with E-state index >= 15 is 0 Å². The fraction of sp³-hybridized carbons (Fsp3) is 0.0870. The minimum absolute atomic E-state index is 0.251. The monoisotopic (exact) mass is 356 g/mol. The normalized spacial score (nSPS) is 15.4. The van der Waals surface area contributed by atoms with Gasteiger partial charge in [0.1, 0.15) is 0 Å². The first kappa shape index (κ1) is 16.9. The Kier molecular flexibility index (Phi) is 4.62. The fourth-order valence-electron chi connectivity index (χ4n) is 3.27. The molecule has 27 heavy (non-hydrogen) atoms. The van der Waals surface area contributed by atoms with E-state index in [1.54, 1.807) is 4.90 Å². The maximum atomic E-state index is 11.8. The average Bonchev–Trinajstić information content (AvgIpc) is 2.72. The molecule has 0 saturated heterocycles. The van der Waals surface area contributed by atoms with Crippen molar-refractivity contribution in [1.29, 1.82) is 0 Å². The number of carboxylic acid groups (broad SMARTS) is 1. The zero-order valence-electron chi connectivity index (χ0n) is 14.8. The molecule has 4 nitrogen and oxygen atoms in total. The molecule has 134 valence electrons. The molecule has 0 amide bonds. The molecule has 4 heteroatoms. The van der Waals surface area contributed by atoms with Crippen LogP contribution in [0, 0.1) is 0 Å². The summed E-state index contributed by atoms with van der Waals surface area (Å²) in [6.07, 6.45) is 10.4. The molecule has 2 aromatic rings. The first-order valence-electron chi connectivity index (χ1n) is 8.92. The molecule has 0 fully saturated rings. The molecule has 0 aliphatic carbocycles. The Hall–Kier alpha value is -3.53. The van der Waals surface area contributed by atoms with Crippen molar-refractivity contribution in [2.75, 3.05) is 0 Å². The number of fused-ring (bicyclic) bond motifs is 1. The van der Waals surface area contributed by atoms with Gasteiger partial charge in [0, 0.05) is 18.4 Å². The van der Waals surface area contributed by atoms with E-state index in [4.69, 9.17) is 0 Å². The standard InChI is InChI=1S/C23H20N2O2/c26-23(27)22-21(14-13-20-8-4-5-15-25(20)22)24-16-17-9-11-19(12-10-17)18-6-2-1-3-7-18/h1-3,5-15,24H,4,16H2,(H,26,27). The number of aliphatic carboxylic acids is 1. The van der Waals surface area contributed by atoms with Crippen molar-refractivity contribution in [3.63, 3.8) is 0 Å². The van der Waals surface area contributed by atoms with Crippen molar-refractivity contribution in [3.8, 4) is 11.1 Å². The van der Waals surface area contributed by atoms with Crippen LogP contribution < -0.4 is 5.32 Å². The van der Waals surface area contributed by atoms with Crippen LogP contribution in [0.25, 0.3) is 11.1 Å². The average molecular weight is 356 g/mol. The highest BCUT2D eigenvalue weighted by molar-refractivity contribution is 5.89. The summed E-state index contributed by atoms with van der Waals surface area (Å²) in [6, 6.07) is 18.5. The van der Waals surface area contributed by atoms with E-state index in [-0.39, 0.29) is 5.70 Å². The van der Waals surface area contributed by atoms with Crippen LogP contribution in [0.15, 0.2) is 102 Å². The topological polar surface area (TPSA) is 52.6 Å². The van der Waals surface area contributed by atoms with Crippen LogP contribution in [0.2, 0.25) is 0 Å². The van der Waals surface area contributed by atoms with Gasteiger partial charge in [-0.25, -0.2) is 4.79 Å². The highest BCUT2D eigenvalue weighted by Gasteiger charge is 2.25. The summed E-state index contributed by atoms with van der Waals surface area (Å²) < 4.78 is 0. The lowest BCUT2D eigenvalue weighted by Gasteiger charge is -2.29. The fourth-order valence-corrected chi connectivity index (χ4v) is 3.27. The third kappa shape index (κ3) is 3.55. The van der Waals surface area contributed by atoms with Crippen LogP contribution in [-0.4, -0.2) is 16.0 Å². The van der Waals surface area contributed by atoms with Gasteiger partial charge in [-0.15, -0.1) is 0 Å². The van der Waals surface area contributed by atoms with Gasteiger partial charge >= 0.3 is 5.97 Å². The van der Waals surface area contributed by atoms with E-state index in [1.165, 1.54) is 5.56 Å². The minimum Gasteiger partial charge on any atom is -0.476 e. The Balaban J connectivity index is 1.51. The predicted octanol–water partition coefficient (Wildman–Crippen LogP) is 4.41. The molecule has 0 spiro atoms. The zero-order valence-corrected chi connectivity index (χ0v) is 14.8. The number of carboxylic acids is 1. The summed E-state index contributed by atoms with van der Waals surface area (Å²) in [5.41, 5.74) is 5.19. The van der Waals surface area contributed by atoms with Crippen molar-refractivity contribution in [1.82, 2.24) is 10.2 Å². The van der Waals surface area contributed by atoms with E-state index in [9.17, 15) is 9.90 Å². The lowest BCUT2D eigenvalue weighted by atomic mass is 10.0. The van der Waals surface area contributed by atoms with Gasteiger partial charge in [-0.05, 0) is 35.3 Å². The Morgan fingerprint density at radius 1 is 1.00 bits per heavy atom. The van der Waals surface area contributed by atoms with Gasteiger partial charge in [0.15, 0.2) is 5.70 Å². The molecule has 2 heterocycles. The van der Waals surface area contributed by atoms with Gasteiger partial charge in [0.2, 0.25) is 0 Å². The molecule has 4 rings (SSSR count). The van der Waals surface area contributed by atoms with E-state index in [1.807, 2.05) is 48.7 Å². The number of benzene rings is 2. The number of nitrogens with one attached hydrogen (secondary N) is 1. The Morgan fingerprint density at radius 2 is 1.74 bits per heavy atom. The third-order valence-corrected chi connectivity index (χ3v) is 4.66. The van der Waals surface area contributed by atoms with E-state index in [2.05, 4.69) is 41.7 Å². The quantitative estimate of drug-likeness (QED) is 0.833. The highest BCUT2D eigenvalue weighted by atomic mass is 16.4. The molecule has 0 radical (unpaired) electrons. The molecule has 0 unspecified atom stereocenters. The number of allylic oxidation sites excluding steroid dienone is 4. The van der Waals surface area contributed by atoms with Gasteiger partial charge in [-0.2, -0.15) is 0 Å². The van der Waals surface area contributed by atoms with Gasteiger partial charge < -0.3 is 15.3 Å². The molecular formula is C23H20N2O2.